The van der Waals surface area contributed by atoms with Crippen molar-refractivity contribution in [3.8, 4) is 5.75 Å². The Balaban J connectivity index is 1.55. The zero-order valence-electron chi connectivity index (χ0n) is 17.8. The van der Waals surface area contributed by atoms with Crippen molar-refractivity contribution < 1.29 is 29.0 Å². The van der Waals surface area contributed by atoms with Crippen LogP contribution >= 0.6 is 27.5 Å². The molecule has 0 aromatic heterocycles. The summed E-state index contributed by atoms with van der Waals surface area (Å²) in [6.45, 7) is 0.314. The molecule has 4 amide bonds. The molecule has 176 valence electrons. The van der Waals surface area contributed by atoms with Crippen LogP contribution in [0.2, 0.25) is 5.02 Å². The Kier molecular flexibility index (Phi) is 6.99. The van der Waals surface area contributed by atoms with Crippen LogP contribution in [0, 0.1) is 0 Å². The van der Waals surface area contributed by atoms with E-state index in [1.165, 1.54) is 30.3 Å². The van der Waals surface area contributed by atoms with Gasteiger partial charge in [0.25, 0.3) is 11.8 Å². The number of anilines is 1. The molecule has 3 aromatic carbocycles. The van der Waals surface area contributed by atoms with Gasteiger partial charge < -0.3 is 9.84 Å². The maximum atomic E-state index is 13.0. The molecule has 2 N–H and O–H groups in total. The molecule has 0 atom stereocenters. The highest BCUT2D eigenvalue weighted by Gasteiger charge is 2.36. The molecule has 4 rings (SSSR count). The fraction of sp³-hybridized carbons (Fsp3) is 0.0400. The van der Waals surface area contributed by atoms with Gasteiger partial charge in [-0.1, -0.05) is 29.8 Å². The number of hydrogen-bond acceptors (Lipinski definition) is 5. The fourth-order valence-electron chi connectivity index (χ4n) is 3.28. The maximum absolute atomic E-state index is 13.0. The van der Waals surface area contributed by atoms with Gasteiger partial charge in [-0.05, 0) is 81.7 Å². The summed E-state index contributed by atoms with van der Waals surface area (Å²) in [6.07, 6.45) is 1.36. The van der Waals surface area contributed by atoms with Crippen molar-refractivity contribution in [3.05, 3.63) is 98.5 Å². The number of imide groups is 2. The van der Waals surface area contributed by atoms with Crippen LogP contribution in [0.5, 0.6) is 5.75 Å². The van der Waals surface area contributed by atoms with Crippen LogP contribution in [0.25, 0.3) is 6.08 Å². The summed E-state index contributed by atoms with van der Waals surface area (Å²) in [4.78, 5) is 49.6. The highest BCUT2D eigenvalue weighted by molar-refractivity contribution is 9.10. The second-order valence-corrected chi connectivity index (χ2v) is 8.71. The molecule has 0 bridgehead atoms. The summed E-state index contributed by atoms with van der Waals surface area (Å²) in [5, 5.41) is 11.8. The van der Waals surface area contributed by atoms with E-state index in [0.717, 1.165) is 10.5 Å². The van der Waals surface area contributed by atoms with Gasteiger partial charge in [-0.2, -0.15) is 0 Å². The average molecular weight is 556 g/mol. The van der Waals surface area contributed by atoms with Crippen LogP contribution in [0.15, 0.2) is 76.8 Å². The normalized spacial score (nSPS) is 14.7. The minimum atomic E-state index is -1.15. The third kappa shape index (κ3) is 5.42. The number of nitrogens with one attached hydrogen (secondary N) is 1. The zero-order chi connectivity index (χ0) is 25.1. The molecular formula is C25H16BrClN2O6. The van der Waals surface area contributed by atoms with Crippen molar-refractivity contribution in [2.45, 2.75) is 6.61 Å². The van der Waals surface area contributed by atoms with E-state index >= 15 is 0 Å². The molecule has 1 aliphatic heterocycles. The predicted octanol–water partition coefficient (Wildman–Crippen LogP) is 5.05. The average Bonchev–Trinajstić information content (AvgIpc) is 2.82. The number of aromatic carboxylic acids is 1. The van der Waals surface area contributed by atoms with Gasteiger partial charge in [0.05, 0.1) is 15.7 Å². The lowest BCUT2D eigenvalue weighted by Crippen LogP contribution is -2.54. The summed E-state index contributed by atoms with van der Waals surface area (Å²) in [5.41, 5.74) is 1.31. The van der Waals surface area contributed by atoms with Crippen molar-refractivity contribution in [2.24, 2.45) is 0 Å². The second kappa shape index (κ2) is 10.1. The molecule has 1 aliphatic rings. The summed E-state index contributed by atoms with van der Waals surface area (Å²) in [7, 11) is 0. The lowest BCUT2D eigenvalue weighted by Gasteiger charge is -2.26. The Labute approximate surface area is 212 Å². The van der Waals surface area contributed by atoms with Crippen LogP contribution in [0.4, 0.5) is 10.5 Å². The van der Waals surface area contributed by atoms with Gasteiger partial charge in [0, 0.05) is 5.02 Å². The Morgan fingerprint density at radius 1 is 1.03 bits per heavy atom. The van der Waals surface area contributed by atoms with Crippen molar-refractivity contribution in [1.82, 2.24) is 5.32 Å². The van der Waals surface area contributed by atoms with Crippen molar-refractivity contribution >= 4 is 63.1 Å². The predicted molar refractivity (Wildman–Crippen MR) is 132 cm³/mol. The molecule has 10 heteroatoms. The van der Waals surface area contributed by atoms with E-state index < -0.39 is 23.8 Å². The van der Waals surface area contributed by atoms with Crippen molar-refractivity contribution in [2.75, 3.05) is 4.90 Å². The van der Waals surface area contributed by atoms with Gasteiger partial charge in [-0.15, -0.1) is 0 Å². The number of halogens is 2. The first-order valence-electron chi connectivity index (χ1n) is 10.1. The van der Waals surface area contributed by atoms with Gasteiger partial charge >= 0.3 is 12.0 Å². The molecule has 3 aromatic rings. The Hall–Kier alpha value is -3.95. The second-order valence-electron chi connectivity index (χ2n) is 7.41. The number of hydrogen-bond donors (Lipinski definition) is 2. The first kappa shape index (κ1) is 24.2. The quantitative estimate of drug-likeness (QED) is 0.325. The van der Waals surface area contributed by atoms with E-state index in [1.807, 2.05) is 12.1 Å². The maximum Gasteiger partial charge on any atom is 0.335 e. The zero-order valence-corrected chi connectivity index (χ0v) is 20.2. The number of benzene rings is 3. The van der Waals surface area contributed by atoms with Gasteiger partial charge in [0.2, 0.25) is 0 Å². The fourth-order valence-corrected chi connectivity index (χ4v) is 3.91. The summed E-state index contributed by atoms with van der Waals surface area (Å²) < 4.78 is 6.41. The molecule has 8 nitrogen and oxygen atoms in total. The number of carbonyl (C=O) groups excluding carboxylic acids is 3. The number of urea groups is 1. The first-order valence-corrected chi connectivity index (χ1v) is 11.3. The molecule has 0 saturated carbocycles. The third-order valence-corrected chi connectivity index (χ3v) is 5.92. The number of ether oxygens (including phenoxy) is 1. The lowest BCUT2D eigenvalue weighted by atomic mass is 10.1. The number of carboxylic acid groups (broad SMARTS) is 1. The number of carbonyl (C=O) groups is 4. The summed E-state index contributed by atoms with van der Waals surface area (Å²) in [6, 6.07) is 16.5. The molecule has 0 spiro atoms. The Morgan fingerprint density at radius 3 is 2.34 bits per heavy atom. The van der Waals surface area contributed by atoms with Gasteiger partial charge in [-0.3, -0.25) is 14.9 Å². The SMILES string of the molecule is O=C1NC(=O)N(c2ccc(C(=O)O)cc2)C(=O)/C1=C/c1ccc(OCc2ccc(Cl)cc2)c(Br)c1. The Morgan fingerprint density at radius 2 is 1.71 bits per heavy atom. The number of amides is 4. The molecule has 35 heavy (non-hydrogen) atoms. The van der Waals surface area contributed by atoms with E-state index in [2.05, 4.69) is 21.2 Å². The molecule has 1 heterocycles. The topological polar surface area (TPSA) is 113 Å². The number of barbiturate groups is 1. The summed E-state index contributed by atoms with van der Waals surface area (Å²) >= 11 is 9.32. The van der Waals surface area contributed by atoms with Gasteiger partial charge in [0.15, 0.2) is 0 Å². The van der Waals surface area contributed by atoms with Crippen LogP contribution in [0.3, 0.4) is 0 Å². The number of rotatable bonds is 6. The number of carboxylic acids is 1. The highest BCUT2D eigenvalue weighted by Crippen LogP contribution is 2.29. The first-order chi connectivity index (χ1) is 16.7. The third-order valence-electron chi connectivity index (χ3n) is 5.05. The van der Waals surface area contributed by atoms with Crippen molar-refractivity contribution in [1.29, 1.82) is 0 Å². The molecule has 0 unspecified atom stereocenters. The molecule has 0 radical (unpaired) electrons. The van der Waals surface area contributed by atoms with E-state index in [9.17, 15) is 19.2 Å². The van der Waals surface area contributed by atoms with Crippen LogP contribution in [-0.4, -0.2) is 28.9 Å². The highest BCUT2D eigenvalue weighted by atomic mass is 79.9. The van der Waals surface area contributed by atoms with Crippen LogP contribution < -0.4 is 15.0 Å². The molecular weight excluding hydrogens is 540 g/mol. The minimum Gasteiger partial charge on any atom is -0.488 e. The Bertz CT molecular complexity index is 1370. The largest absolute Gasteiger partial charge is 0.488 e. The van der Waals surface area contributed by atoms with E-state index in [0.29, 0.717) is 27.4 Å². The van der Waals surface area contributed by atoms with E-state index in [-0.39, 0.29) is 16.8 Å². The van der Waals surface area contributed by atoms with Gasteiger partial charge in [-0.25, -0.2) is 14.5 Å². The smallest absolute Gasteiger partial charge is 0.335 e. The molecule has 0 aliphatic carbocycles. The summed E-state index contributed by atoms with van der Waals surface area (Å²) in [5.74, 6) is -2.26. The van der Waals surface area contributed by atoms with E-state index in [1.54, 1.807) is 30.3 Å². The molecule has 1 saturated heterocycles. The van der Waals surface area contributed by atoms with Crippen LogP contribution in [0.1, 0.15) is 21.5 Å². The standard InChI is InChI=1S/C25H16BrClN2O6/c26-20-12-15(3-10-21(20)35-13-14-1-6-17(27)7-2-14)11-19-22(30)28-25(34)29(23(19)31)18-8-4-16(5-9-18)24(32)33/h1-12H,13H2,(H,32,33)(H,28,30,34)/b19-11+. The van der Waals surface area contributed by atoms with Crippen LogP contribution in [-0.2, 0) is 16.2 Å². The minimum absolute atomic E-state index is 0.00585. The lowest BCUT2D eigenvalue weighted by molar-refractivity contribution is -0.122. The van der Waals surface area contributed by atoms with Gasteiger partial charge in [0.1, 0.15) is 17.9 Å². The molecule has 1 fully saturated rings. The van der Waals surface area contributed by atoms with Crippen molar-refractivity contribution in [3.63, 3.8) is 0 Å². The number of nitrogens with zero attached hydrogens (tertiary/aromatic N) is 1. The van der Waals surface area contributed by atoms with E-state index in [4.69, 9.17) is 21.4 Å². The monoisotopic (exact) mass is 554 g/mol.